The van der Waals surface area contributed by atoms with Crippen LogP contribution in [0.1, 0.15) is 71.3 Å². The van der Waals surface area contributed by atoms with Crippen molar-refractivity contribution in [2.75, 3.05) is 0 Å². The van der Waals surface area contributed by atoms with Crippen molar-refractivity contribution < 1.29 is 20.1 Å². The van der Waals surface area contributed by atoms with Gasteiger partial charge in [0.1, 0.15) is 11.5 Å². The zero-order valence-electron chi connectivity index (χ0n) is 14.5. The zero-order chi connectivity index (χ0) is 17.5. The second-order valence-electron chi connectivity index (χ2n) is 7.01. The molecular weight excluding hydrogens is 292 g/mol. The van der Waals surface area contributed by atoms with E-state index in [1.165, 1.54) is 6.07 Å². The van der Waals surface area contributed by atoms with E-state index in [9.17, 15) is 20.1 Å². The lowest BCUT2D eigenvalue weighted by molar-refractivity contribution is -0.142. The van der Waals surface area contributed by atoms with E-state index in [-0.39, 0.29) is 22.8 Å². The fourth-order valence-corrected chi connectivity index (χ4v) is 2.97. The van der Waals surface area contributed by atoms with E-state index in [0.717, 1.165) is 31.2 Å². The summed E-state index contributed by atoms with van der Waals surface area (Å²) in [6.45, 7) is 6.13. The molecule has 1 rings (SSSR count). The lowest BCUT2D eigenvalue weighted by Gasteiger charge is -2.27. The summed E-state index contributed by atoms with van der Waals surface area (Å²) < 4.78 is 0. The molecule has 0 spiro atoms. The quantitative estimate of drug-likeness (QED) is 0.539. The Morgan fingerprint density at radius 2 is 1.83 bits per heavy atom. The fraction of sp³-hybridized carbons (Fsp3) is 0.632. The van der Waals surface area contributed by atoms with Gasteiger partial charge in [-0.05, 0) is 36.3 Å². The van der Waals surface area contributed by atoms with Gasteiger partial charge in [-0.3, -0.25) is 4.79 Å². The summed E-state index contributed by atoms with van der Waals surface area (Å²) in [5, 5.41) is 28.8. The zero-order valence-corrected chi connectivity index (χ0v) is 14.5. The van der Waals surface area contributed by atoms with Crippen molar-refractivity contribution in [2.45, 2.75) is 71.1 Å². The Morgan fingerprint density at radius 1 is 1.13 bits per heavy atom. The van der Waals surface area contributed by atoms with E-state index < -0.39 is 5.97 Å². The molecule has 0 heterocycles. The Kier molecular flexibility index (Phi) is 7.40. The second-order valence-corrected chi connectivity index (χ2v) is 7.01. The number of carbonyl (C=O) groups is 1. The molecule has 1 atom stereocenters. The van der Waals surface area contributed by atoms with Crippen molar-refractivity contribution in [3.05, 3.63) is 23.8 Å². The summed E-state index contributed by atoms with van der Waals surface area (Å²) >= 11 is 0. The Labute approximate surface area is 139 Å². The first-order chi connectivity index (χ1) is 10.8. The van der Waals surface area contributed by atoms with Crippen molar-refractivity contribution in [2.24, 2.45) is 5.92 Å². The molecule has 0 aliphatic heterocycles. The molecule has 4 nitrogen and oxygen atoms in total. The van der Waals surface area contributed by atoms with Gasteiger partial charge >= 0.3 is 5.97 Å². The van der Waals surface area contributed by atoms with E-state index in [2.05, 4.69) is 6.92 Å². The predicted molar refractivity (Wildman–Crippen MR) is 91.9 cm³/mol. The van der Waals surface area contributed by atoms with Crippen molar-refractivity contribution >= 4 is 5.97 Å². The first-order valence-corrected chi connectivity index (χ1v) is 8.53. The number of phenolic OH excluding ortho intramolecular Hbond substituents is 2. The molecule has 0 aliphatic carbocycles. The van der Waals surface area contributed by atoms with E-state index >= 15 is 0 Å². The number of benzene rings is 1. The van der Waals surface area contributed by atoms with Crippen LogP contribution in [0.4, 0.5) is 0 Å². The number of rotatable bonds is 10. The Balaban J connectivity index is 2.65. The summed E-state index contributed by atoms with van der Waals surface area (Å²) in [6, 6.07) is 4.59. The molecular formula is C19H30O4. The van der Waals surface area contributed by atoms with Crippen LogP contribution in [0.3, 0.4) is 0 Å². The van der Waals surface area contributed by atoms with Crippen LogP contribution in [-0.4, -0.2) is 21.3 Å². The summed E-state index contributed by atoms with van der Waals surface area (Å²) in [5.74, 6) is -0.969. The van der Waals surface area contributed by atoms with Crippen LogP contribution in [-0.2, 0) is 10.2 Å². The molecule has 0 fully saturated rings. The molecule has 0 bridgehead atoms. The van der Waals surface area contributed by atoms with Gasteiger partial charge in [0.2, 0.25) is 0 Å². The maximum absolute atomic E-state index is 11.4. The number of phenols is 2. The third kappa shape index (κ3) is 6.12. The Morgan fingerprint density at radius 3 is 2.39 bits per heavy atom. The van der Waals surface area contributed by atoms with E-state index in [0.29, 0.717) is 19.3 Å². The lowest BCUT2D eigenvalue weighted by atomic mass is 9.77. The highest BCUT2D eigenvalue weighted by Crippen LogP contribution is 2.37. The van der Waals surface area contributed by atoms with Gasteiger partial charge in [0.15, 0.2) is 0 Å². The molecule has 0 saturated heterocycles. The largest absolute Gasteiger partial charge is 0.508 e. The molecule has 0 amide bonds. The van der Waals surface area contributed by atoms with Crippen molar-refractivity contribution in [1.82, 2.24) is 0 Å². The number of carboxylic acid groups (broad SMARTS) is 1. The number of aromatic hydroxyl groups is 2. The number of hydrogen-bond donors (Lipinski definition) is 3. The van der Waals surface area contributed by atoms with Crippen LogP contribution in [0.15, 0.2) is 18.2 Å². The average Bonchev–Trinajstić information content (AvgIpc) is 2.45. The van der Waals surface area contributed by atoms with Crippen LogP contribution in [0, 0.1) is 5.92 Å². The normalized spacial score (nSPS) is 13.0. The van der Waals surface area contributed by atoms with Crippen molar-refractivity contribution in [3.63, 3.8) is 0 Å². The van der Waals surface area contributed by atoms with Gasteiger partial charge in [0.25, 0.3) is 0 Å². The van der Waals surface area contributed by atoms with Crippen LogP contribution in [0.2, 0.25) is 0 Å². The minimum atomic E-state index is -0.729. The molecule has 23 heavy (non-hydrogen) atoms. The maximum Gasteiger partial charge on any atom is 0.306 e. The number of carboxylic acids is 1. The molecule has 0 aliphatic rings. The topological polar surface area (TPSA) is 77.8 Å². The molecule has 3 N–H and O–H groups in total. The highest BCUT2D eigenvalue weighted by molar-refractivity contribution is 5.69. The third-order valence-electron chi connectivity index (χ3n) is 4.58. The molecule has 1 unspecified atom stereocenters. The highest BCUT2D eigenvalue weighted by Gasteiger charge is 2.27. The SMILES string of the molecule is CCCCCCC(CCC(C)(C)c1ccc(O)cc1O)C(=O)O. The van der Waals surface area contributed by atoms with Crippen LogP contribution < -0.4 is 0 Å². The monoisotopic (exact) mass is 322 g/mol. The number of unbranched alkanes of at least 4 members (excludes halogenated alkanes) is 3. The minimum Gasteiger partial charge on any atom is -0.508 e. The Hall–Kier alpha value is -1.71. The fourth-order valence-electron chi connectivity index (χ4n) is 2.97. The maximum atomic E-state index is 11.4. The van der Waals surface area contributed by atoms with E-state index in [1.807, 2.05) is 13.8 Å². The first-order valence-electron chi connectivity index (χ1n) is 8.53. The number of aliphatic carboxylic acids is 1. The highest BCUT2D eigenvalue weighted by atomic mass is 16.4. The summed E-state index contributed by atoms with van der Waals surface area (Å²) in [5.41, 5.74) is 0.403. The third-order valence-corrected chi connectivity index (χ3v) is 4.58. The van der Waals surface area contributed by atoms with Gasteiger partial charge < -0.3 is 15.3 Å². The van der Waals surface area contributed by atoms with Gasteiger partial charge in [0, 0.05) is 6.07 Å². The standard InChI is InChI=1S/C19H30O4/c1-4-5-6-7-8-14(18(22)23)11-12-19(2,3)16-10-9-15(20)13-17(16)21/h9-10,13-14,20-21H,4-8,11-12H2,1-3H3,(H,22,23). The first kappa shape index (κ1) is 19.3. The van der Waals surface area contributed by atoms with Crippen LogP contribution >= 0.6 is 0 Å². The molecule has 130 valence electrons. The average molecular weight is 322 g/mol. The molecule has 0 aromatic heterocycles. The van der Waals surface area contributed by atoms with E-state index in [4.69, 9.17) is 0 Å². The molecule has 1 aromatic carbocycles. The number of hydrogen-bond acceptors (Lipinski definition) is 3. The predicted octanol–water partition coefficient (Wildman–Crippen LogP) is 4.83. The van der Waals surface area contributed by atoms with Gasteiger partial charge in [0.05, 0.1) is 5.92 Å². The second kappa shape index (κ2) is 8.80. The molecule has 0 radical (unpaired) electrons. The van der Waals surface area contributed by atoms with Gasteiger partial charge in [-0.15, -0.1) is 0 Å². The summed E-state index contributed by atoms with van der Waals surface area (Å²) in [6.07, 6.45) is 6.32. The Bertz CT molecular complexity index is 508. The lowest BCUT2D eigenvalue weighted by Crippen LogP contribution is -2.22. The van der Waals surface area contributed by atoms with Crippen molar-refractivity contribution in [1.29, 1.82) is 0 Å². The minimum absolute atomic E-state index is 0.0291. The van der Waals surface area contributed by atoms with Crippen molar-refractivity contribution in [3.8, 4) is 11.5 Å². The van der Waals surface area contributed by atoms with Gasteiger partial charge in [-0.2, -0.15) is 0 Å². The smallest absolute Gasteiger partial charge is 0.306 e. The molecule has 0 saturated carbocycles. The summed E-state index contributed by atoms with van der Waals surface area (Å²) in [7, 11) is 0. The van der Waals surface area contributed by atoms with Gasteiger partial charge in [-0.1, -0.05) is 52.5 Å². The molecule has 4 heteroatoms. The van der Waals surface area contributed by atoms with Gasteiger partial charge in [-0.25, -0.2) is 0 Å². The van der Waals surface area contributed by atoms with Crippen LogP contribution in [0.25, 0.3) is 0 Å². The molecule has 1 aromatic rings. The van der Waals surface area contributed by atoms with E-state index in [1.54, 1.807) is 12.1 Å². The van der Waals surface area contributed by atoms with Crippen LogP contribution in [0.5, 0.6) is 11.5 Å². The summed E-state index contributed by atoms with van der Waals surface area (Å²) in [4.78, 5) is 11.4.